The fourth-order valence-electron chi connectivity index (χ4n) is 2.01. The van der Waals surface area contributed by atoms with Gasteiger partial charge in [-0.3, -0.25) is 0 Å². The smallest absolute Gasteiger partial charge is 0.106 e. The number of hydrogen-bond acceptors (Lipinski definition) is 1. The maximum absolute atomic E-state index is 5.66. The van der Waals surface area contributed by atoms with Gasteiger partial charge >= 0.3 is 0 Å². The maximum atomic E-state index is 5.66. The Morgan fingerprint density at radius 2 is 1.73 bits per heavy atom. The van der Waals surface area contributed by atoms with Crippen molar-refractivity contribution in [2.45, 2.75) is 39.4 Å². The van der Waals surface area contributed by atoms with Crippen LogP contribution in [0.15, 0.2) is 12.7 Å². The van der Waals surface area contributed by atoms with Crippen molar-refractivity contribution < 1.29 is 4.74 Å². The van der Waals surface area contributed by atoms with Gasteiger partial charge in [0, 0.05) is 0 Å². The molecule has 0 N–H and O–H groups in total. The lowest BCUT2D eigenvalue weighted by molar-refractivity contribution is 0.181. The Kier molecular flexibility index (Phi) is 2.10. The summed E-state index contributed by atoms with van der Waals surface area (Å²) in [4.78, 5) is 0. The molecule has 1 fully saturated rings. The summed E-state index contributed by atoms with van der Waals surface area (Å²) in [5.74, 6) is 1.18. The molecule has 64 valence electrons. The molecule has 1 aliphatic rings. The summed E-state index contributed by atoms with van der Waals surface area (Å²) >= 11 is 0. The van der Waals surface area contributed by atoms with E-state index in [2.05, 4.69) is 34.3 Å². The van der Waals surface area contributed by atoms with Gasteiger partial charge in [-0.1, -0.05) is 33.8 Å². The van der Waals surface area contributed by atoms with Gasteiger partial charge in [0.15, 0.2) is 0 Å². The van der Waals surface area contributed by atoms with E-state index in [4.69, 9.17) is 4.74 Å². The van der Waals surface area contributed by atoms with Crippen LogP contribution >= 0.6 is 0 Å². The fraction of sp³-hybridized carbons (Fsp3) is 0.800. The van der Waals surface area contributed by atoms with Gasteiger partial charge in [0.25, 0.3) is 0 Å². The Morgan fingerprint density at radius 1 is 1.27 bits per heavy atom. The lowest BCUT2D eigenvalue weighted by atomic mass is 9.82. The third-order valence-electron chi connectivity index (χ3n) is 2.74. The van der Waals surface area contributed by atoms with E-state index < -0.39 is 0 Å². The van der Waals surface area contributed by atoms with E-state index in [1.54, 1.807) is 0 Å². The average Bonchev–Trinajstić information content (AvgIpc) is 2.61. The molecule has 0 radical (unpaired) electrons. The molecule has 0 aromatic carbocycles. The predicted molar refractivity (Wildman–Crippen MR) is 47.5 cm³/mol. The molecule has 0 saturated carbocycles. The van der Waals surface area contributed by atoms with Crippen LogP contribution in [0.2, 0.25) is 0 Å². The zero-order chi connectivity index (χ0) is 8.65. The first-order valence-corrected chi connectivity index (χ1v) is 4.36. The number of epoxide rings is 1. The summed E-state index contributed by atoms with van der Waals surface area (Å²) in [6, 6.07) is 0. The van der Waals surface area contributed by atoms with E-state index in [1.165, 1.54) is 0 Å². The van der Waals surface area contributed by atoms with Crippen molar-refractivity contribution in [1.29, 1.82) is 0 Å². The normalized spacial score (nSPS) is 27.6. The second kappa shape index (κ2) is 2.63. The molecule has 1 atom stereocenters. The number of ether oxygens (including phenoxy) is 1. The second-order valence-electron chi connectivity index (χ2n) is 3.94. The summed E-state index contributed by atoms with van der Waals surface area (Å²) in [5, 5.41) is 0. The molecule has 1 rings (SSSR count). The van der Waals surface area contributed by atoms with Crippen LogP contribution in [-0.2, 0) is 4.74 Å². The van der Waals surface area contributed by atoms with Gasteiger partial charge in [-0.2, -0.15) is 0 Å². The summed E-state index contributed by atoms with van der Waals surface area (Å²) in [7, 11) is 0. The third kappa shape index (κ3) is 1.12. The minimum absolute atomic E-state index is 0.0990. The van der Waals surface area contributed by atoms with Gasteiger partial charge in [-0.05, 0) is 11.8 Å². The van der Waals surface area contributed by atoms with Crippen molar-refractivity contribution >= 4 is 0 Å². The molecular weight excluding hydrogens is 136 g/mol. The van der Waals surface area contributed by atoms with Crippen LogP contribution < -0.4 is 0 Å². The van der Waals surface area contributed by atoms with Crippen molar-refractivity contribution in [3.05, 3.63) is 12.7 Å². The highest BCUT2D eigenvalue weighted by molar-refractivity contribution is 5.14. The Hall–Kier alpha value is -0.300. The summed E-state index contributed by atoms with van der Waals surface area (Å²) < 4.78 is 5.66. The standard InChI is InChI=1S/C10H18O/c1-6-9-10(11-9,7(2)3)8(4)5/h6-9H,1H2,2-5H3. The molecule has 0 aromatic rings. The first kappa shape index (κ1) is 8.79. The van der Waals surface area contributed by atoms with Gasteiger partial charge in [0.2, 0.25) is 0 Å². The summed E-state index contributed by atoms with van der Waals surface area (Å²) in [6.45, 7) is 12.6. The van der Waals surface area contributed by atoms with Crippen molar-refractivity contribution in [3.8, 4) is 0 Å². The van der Waals surface area contributed by atoms with Crippen LogP contribution in [0, 0.1) is 11.8 Å². The van der Waals surface area contributed by atoms with Crippen LogP contribution in [0.4, 0.5) is 0 Å². The lowest BCUT2D eigenvalue weighted by Crippen LogP contribution is -2.28. The highest BCUT2D eigenvalue weighted by Gasteiger charge is 2.58. The number of rotatable bonds is 3. The molecule has 0 aliphatic carbocycles. The second-order valence-corrected chi connectivity index (χ2v) is 3.94. The molecule has 1 aliphatic heterocycles. The molecule has 1 heteroatoms. The Morgan fingerprint density at radius 3 is 1.82 bits per heavy atom. The Balaban J connectivity index is 2.70. The third-order valence-corrected chi connectivity index (χ3v) is 2.74. The highest BCUT2D eigenvalue weighted by atomic mass is 16.6. The van der Waals surface area contributed by atoms with E-state index in [9.17, 15) is 0 Å². The molecule has 0 aromatic heterocycles. The molecule has 1 unspecified atom stereocenters. The van der Waals surface area contributed by atoms with Gasteiger partial charge in [-0.25, -0.2) is 0 Å². The van der Waals surface area contributed by atoms with Crippen molar-refractivity contribution in [3.63, 3.8) is 0 Å². The summed E-state index contributed by atoms with van der Waals surface area (Å²) in [5.41, 5.74) is 0.0990. The first-order chi connectivity index (χ1) is 5.05. The molecule has 0 spiro atoms. The predicted octanol–water partition coefficient (Wildman–Crippen LogP) is 2.62. The van der Waals surface area contributed by atoms with Gasteiger partial charge < -0.3 is 4.74 Å². The van der Waals surface area contributed by atoms with Crippen molar-refractivity contribution in [2.75, 3.05) is 0 Å². The zero-order valence-corrected chi connectivity index (χ0v) is 7.92. The monoisotopic (exact) mass is 154 g/mol. The van der Waals surface area contributed by atoms with Crippen LogP contribution in [-0.4, -0.2) is 11.7 Å². The molecule has 0 amide bonds. The minimum Gasteiger partial charge on any atom is -0.361 e. The Bertz CT molecular complexity index is 150. The quantitative estimate of drug-likeness (QED) is 0.449. The SMILES string of the molecule is C=CC1OC1(C(C)C)C(C)C. The van der Waals surface area contributed by atoms with E-state index in [-0.39, 0.29) is 5.60 Å². The van der Waals surface area contributed by atoms with Crippen LogP contribution in [0.1, 0.15) is 27.7 Å². The fourth-order valence-corrected chi connectivity index (χ4v) is 2.01. The molecule has 11 heavy (non-hydrogen) atoms. The topological polar surface area (TPSA) is 12.5 Å². The van der Waals surface area contributed by atoms with Crippen LogP contribution in [0.25, 0.3) is 0 Å². The summed E-state index contributed by atoms with van der Waals surface area (Å²) in [6.07, 6.45) is 2.21. The highest BCUT2D eigenvalue weighted by Crippen LogP contribution is 2.49. The molecule has 0 bridgehead atoms. The van der Waals surface area contributed by atoms with Gasteiger partial charge in [0.05, 0.1) is 0 Å². The van der Waals surface area contributed by atoms with Crippen LogP contribution in [0.5, 0.6) is 0 Å². The van der Waals surface area contributed by atoms with E-state index >= 15 is 0 Å². The maximum Gasteiger partial charge on any atom is 0.106 e. The van der Waals surface area contributed by atoms with E-state index in [1.807, 2.05) is 6.08 Å². The first-order valence-electron chi connectivity index (χ1n) is 4.36. The van der Waals surface area contributed by atoms with E-state index in [0.717, 1.165) is 0 Å². The zero-order valence-electron chi connectivity index (χ0n) is 7.92. The Labute approximate surface area is 69.4 Å². The number of hydrogen-bond donors (Lipinski definition) is 0. The molecule has 1 heterocycles. The van der Waals surface area contributed by atoms with E-state index in [0.29, 0.717) is 17.9 Å². The van der Waals surface area contributed by atoms with Gasteiger partial charge in [0.1, 0.15) is 11.7 Å². The minimum atomic E-state index is 0.0990. The van der Waals surface area contributed by atoms with Gasteiger partial charge in [-0.15, -0.1) is 6.58 Å². The lowest BCUT2D eigenvalue weighted by Gasteiger charge is -2.20. The molecule has 1 saturated heterocycles. The van der Waals surface area contributed by atoms with Crippen LogP contribution in [0.3, 0.4) is 0 Å². The largest absolute Gasteiger partial charge is 0.361 e. The molecule has 1 nitrogen and oxygen atoms in total. The average molecular weight is 154 g/mol. The van der Waals surface area contributed by atoms with Crippen molar-refractivity contribution in [1.82, 2.24) is 0 Å². The molecular formula is C10H18O. The van der Waals surface area contributed by atoms with Crippen molar-refractivity contribution in [2.24, 2.45) is 11.8 Å².